The van der Waals surface area contributed by atoms with Gasteiger partial charge in [0.15, 0.2) is 0 Å². The number of amides is 1. The van der Waals surface area contributed by atoms with Crippen LogP contribution in [0, 0.1) is 5.82 Å². The fourth-order valence-electron chi connectivity index (χ4n) is 2.17. The van der Waals surface area contributed by atoms with Crippen LogP contribution < -0.4 is 5.32 Å². The fraction of sp³-hybridized carbons (Fsp3) is 0.0625. The zero-order chi connectivity index (χ0) is 15.5. The summed E-state index contributed by atoms with van der Waals surface area (Å²) >= 11 is 0. The molecule has 1 amide bonds. The highest BCUT2D eigenvalue weighted by atomic mass is 19.1. The highest BCUT2D eigenvalue weighted by Gasteiger charge is 2.19. The Bertz CT molecular complexity index is 843. The van der Waals surface area contributed by atoms with Crippen LogP contribution in [0.2, 0.25) is 0 Å². The van der Waals surface area contributed by atoms with Gasteiger partial charge in [-0.05, 0) is 35.9 Å². The third kappa shape index (κ3) is 2.71. The average Bonchev–Trinajstić information content (AvgIpc) is 2.95. The normalized spacial score (nSPS) is 10.6. The standard InChI is InChI=1S/C16H12FN3O2/c17-11-1-2-14-12(7-11)13(9-19-14)15(21)16(22)20-8-10-3-5-18-6-4-10/h1-7,9,19H,8H2,(H,20,22). The summed E-state index contributed by atoms with van der Waals surface area (Å²) in [6.07, 6.45) is 4.62. The van der Waals surface area contributed by atoms with E-state index in [-0.39, 0.29) is 12.1 Å². The van der Waals surface area contributed by atoms with Crippen molar-refractivity contribution in [2.75, 3.05) is 0 Å². The van der Waals surface area contributed by atoms with Gasteiger partial charge in [-0.25, -0.2) is 4.39 Å². The van der Waals surface area contributed by atoms with Gasteiger partial charge in [-0.2, -0.15) is 0 Å². The molecule has 0 spiro atoms. The summed E-state index contributed by atoms with van der Waals surface area (Å²) in [6.45, 7) is 0.226. The Labute approximate surface area is 125 Å². The first-order chi connectivity index (χ1) is 10.6. The van der Waals surface area contributed by atoms with Crippen LogP contribution in [0.15, 0.2) is 48.9 Å². The number of H-pyrrole nitrogens is 1. The lowest BCUT2D eigenvalue weighted by Gasteiger charge is -2.04. The summed E-state index contributed by atoms with van der Waals surface area (Å²) in [5.74, 6) is -1.90. The molecule has 0 saturated carbocycles. The molecule has 0 fully saturated rings. The van der Waals surface area contributed by atoms with Crippen LogP contribution in [0.4, 0.5) is 4.39 Å². The second kappa shape index (κ2) is 5.77. The molecule has 3 rings (SSSR count). The maximum absolute atomic E-state index is 13.3. The third-order valence-corrected chi connectivity index (χ3v) is 3.30. The number of hydrogen-bond acceptors (Lipinski definition) is 3. The predicted octanol–water partition coefficient (Wildman–Crippen LogP) is 2.20. The molecular weight excluding hydrogens is 285 g/mol. The van der Waals surface area contributed by atoms with Crippen molar-refractivity contribution in [3.8, 4) is 0 Å². The molecule has 2 aromatic heterocycles. The van der Waals surface area contributed by atoms with E-state index in [2.05, 4.69) is 15.3 Å². The van der Waals surface area contributed by atoms with Crippen molar-refractivity contribution in [1.82, 2.24) is 15.3 Å². The number of pyridine rings is 1. The smallest absolute Gasteiger partial charge is 0.292 e. The van der Waals surface area contributed by atoms with Crippen molar-refractivity contribution in [3.63, 3.8) is 0 Å². The van der Waals surface area contributed by atoms with E-state index in [4.69, 9.17) is 0 Å². The maximum atomic E-state index is 13.3. The first-order valence-electron chi connectivity index (χ1n) is 6.63. The lowest BCUT2D eigenvalue weighted by molar-refractivity contribution is -0.117. The molecule has 0 atom stereocenters. The predicted molar refractivity (Wildman–Crippen MR) is 78.7 cm³/mol. The number of ketones is 1. The Balaban J connectivity index is 1.77. The molecule has 0 saturated heterocycles. The topological polar surface area (TPSA) is 74.8 Å². The molecule has 0 aliphatic heterocycles. The number of aromatic amines is 1. The quantitative estimate of drug-likeness (QED) is 0.572. The van der Waals surface area contributed by atoms with E-state index in [0.717, 1.165) is 5.56 Å². The minimum absolute atomic E-state index is 0.154. The zero-order valence-electron chi connectivity index (χ0n) is 11.5. The monoisotopic (exact) mass is 297 g/mol. The van der Waals surface area contributed by atoms with Crippen LogP contribution in [0.5, 0.6) is 0 Å². The van der Waals surface area contributed by atoms with Crippen LogP contribution in [0.25, 0.3) is 10.9 Å². The van der Waals surface area contributed by atoms with E-state index in [1.54, 1.807) is 24.5 Å². The van der Waals surface area contributed by atoms with Crippen molar-refractivity contribution in [3.05, 3.63) is 65.9 Å². The molecule has 22 heavy (non-hydrogen) atoms. The van der Waals surface area contributed by atoms with Gasteiger partial charge < -0.3 is 10.3 Å². The van der Waals surface area contributed by atoms with Crippen molar-refractivity contribution >= 4 is 22.6 Å². The minimum atomic E-state index is -0.734. The Morgan fingerprint density at radius 2 is 1.95 bits per heavy atom. The number of halogens is 1. The Morgan fingerprint density at radius 1 is 1.18 bits per heavy atom. The summed E-state index contributed by atoms with van der Waals surface area (Å²) < 4.78 is 13.3. The van der Waals surface area contributed by atoms with Gasteiger partial charge in [0.25, 0.3) is 11.7 Å². The van der Waals surface area contributed by atoms with Gasteiger partial charge >= 0.3 is 0 Å². The van der Waals surface area contributed by atoms with Crippen molar-refractivity contribution < 1.29 is 14.0 Å². The van der Waals surface area contributed by atoms with Crippen LogP contribution >= 0.6 is 0 Å². The molecular formula is C16H12FN3O2. The van der Waals surface area contributed by atoms with Gasteiger partial charge in [-0.1, -0.05) is 0 Å². The fourth-order valence-corrected chi connectivity index (χ4v) is 2.17. The average molecular weight is 297 g/mol. The number of hydrogen-bond donors (Lipinski definition) is 2. The summed E-state index contributed by atoms with van der Waals surface area (Å²) in [5, 5.41) is 2.94. The number of rotatable bonds is 4. The number of nitrogens with zero attached hydrogens (tertiary/aromatic N) is 1. The lowest BCUT2D eigenvalue weighted by Crippen LogP contribution is -2.30. The van der Waals surface area contributed by atoms with Gasteiger partial charge in [-0.15, -0.1) is 0 Å². The minimum Gasteiger partial charge on any atom is -0.360 e. The SMILES string of the molecule is O=C(NCc1ccncc1)C(=O)c1c[nH]c2ccc(F)cc12. The summed E-state index contributed by atoms with van der Waals surface area (Å²) in [7, 11) is 0. The number of nitrogens with one attached hydrogen (secondary N) is 2. The van der Waals surface area contributed by atoms with Gasteiger partial charge in [-0.3, -0.25) is 14.6 Å². The van der Waals surface area contributed by atoms with Gasteiger partial charge in [0.05, 0.1) is 5.56 Å². The second-order valence-electron chi connectivity index (χ2n) is 4.76. The number of Topliss-reactive ketones (excluding diaryl/α,β-unsaturated/α-hetero) is 1. The Morgan fingerprint density at radius 3 is 2.73 bits per heavy atom. The van der Waals surface area contributed by atoms with Crippen molar-refractivity contribution in [2.45, 2.75) is 6.54 Å². The molecule has 2 N–H and O–H groups in total. The molecule has 6 heteroatoms. The highest BCUT2D eigenvalue weighted by Crippen LogP contribution is 2.19. The maximum Gasteiger partial charge on any atom is 0.292 e. The van der Waals surface area contributed by atoms with E-state index in [1.807, 2.05) is 0 Å². The van der Waals surface area contributed by atoms with E-state index in [1.165, 1.54) is 24.4 Å². The summed E-state index contributed by atoms with van der Waals surface area (Å²) in [5.41, 5.74) is 1.59. The van der Waals surface area contributed by atoms with E-state index >= 15 is 0 Å². The molecule has 0 radical (unpaired) electrons. The Hall–Kier alpha value is -3.02. The molecule has 3 aromatic rings. The lowest BCUT2D eigenvalue weighted by atomic mass is 10.1. The van der Waals surface area contributed by atoms with Crippen LogP contribution in [-0.4, -0.2) is 21.7 Å². The molecule has 2 heterocycles. The molecule has 0 aliphatic rings. The Kier molecular flexibility index (Phi) is 3.65. The first-order valence-corrected chi connectivity index (χ1v) is 6.63. The summed E-state index contributed by atoms with van der Waals surface area (Å²) in [6, 6.07) is 7.53. The van der Waals surface area contributed by atoms with E-state index in [9.17, 15) is 14.0 Å². The first kappa shape index (κ1) is 13.9. The largest absolute Gasteiger partial charge is 0.360 e. The molecule has 0 unspecified atom stereocenters. The molecule has 1 aromatic carbocycles. The van der Waals surface area contributed by atoms with Crippen molar-refractivity contribution in [1.29, 1.82) is 0 Å². The number of fused-ring (bicyclic) bond motifs is 1. The van der Waals surface area contributed by atoms with Gasteiger partial charge in [0.2, 0.25) is 0 Å². The molecule has 5 nitrogen and oxygen atoms in total. The van der Waals surface area contributed by atoms with E-state index < -0.39 is 17.5 Å². The third-order valence-electron chi connectivity index (χ3n) is 3.30. The van der Waals surface area contributed by atoms with E-state index in [0.29, 0.717) is 10.9 Å². The molecule has 0 aliphatic carbocycles. The van der Waals surface area contributed by atoms with Crippen molar-refractivity contribution in [2.24, 2.45) is 0 Å². The van der Waals surface area contributed by atoms with Gasteiger partial charge in [0.1, 0.15) is 5.82 Å². The van der Waals surface area contributed by atoms with Crippen LogP contribution in [0.3, 0.4) is 0 Å². The van der Waals surface area contributed by atoms with Crippen LogP contribution in [-0.2, 0) is 11.3 Å². The zero-order valence-corrected chi connectivity index (χ0v) is 11.5. The number of carbonyl (C=O) groups excluding carboxylic acids is 2. The molecule has 0 bridgehead atoms. The summed E-state index contributed by atoms with van der Waals surface area (Å²) in [4.78, 5) is 30.9. The molecule has 110 valence electrons. The number of benzene rings is 1. The van der Waals surface area contributed by atoms with Crippen LogP contribution in [0.1, 0.15) is 15.9 Å². The number of carbonyl (C=O) groups is 2. The second-order valence-corrected chi connectivity index (χ2v) is 4.76. The van der Waals surface area contributed by atoms with Gasteiger partial charge in [0, 0.05) is 36.0 Å². The highest BCUT2D eigenvalue weighted by molar-refractivity contribution is 6.44. The number of aromatic nitrogens is 2.